The molecule has 0 aliphatic heterocycles. The van der Waals surface area contributed by atoms with E-state index in [-0.39, 0.29) is 5.91 Å². The number of primary amides is 1. The minimum atomic E-state index is -0.745. The Labute approximate surface area is 92.6 Å². The monoisotopic (exact) mass is 216 g/mol. The van der Waals surface area contributed by atoms with Gasteiger partial charge in [0.2, 0.25) is 5.91 Å². The van der Waals surface area contributed by atoms with Crippen molar-refractivity contribution < 1.29 is 9.53 Å². The van der Waals surface area contributed by atoms with Crippen LogP contribution >= 0.6 is 0 Å². The molecule has 0 heterocycles. The highest BCUT2D eigenvalue weighted by Crippen LogP contribution is 2.04. The Morgan fingerprint density at radius 3 is 2.53 bits per heavy atom. The van der Waals surface area contributed by atoms with Gasteiger partial charge in [0, 0.05) is 6.61 Å². The number of hydrogen-bond donors (Lipinski definition) is 2. The van der Waals surface area contributed by atoms with Gasteiger partial charge in [-0.2, -0.15) is 0 Å². The molecule has 0 radical (unpaired) electrons. The van der Waals surface area contributed by atoms with Crippen LogP contribution in [0, 0.1) is 0 Å². The highest BCUT2D eigenvalue weighted by Gasteiger charge is 2.28. The van der Waals surface area contributed by atoms with Crippen LogP contribution < -0.4 is 11.1 Å². The predicted molar refractivity (Wildman–Crippen MR) is 61.6 cm³/mol. The first-order chi connectivity index (χ1) is 7.06. The number of amides is 1. The maximum Gasteiger partial charge on any atom is 0.239 e. The van der Waals surface area contributed by atoms with Crippen molar-refractivity contribution in [3.63, 3.8) is 0 Å². The molecule has 0 saturated heterocycles. The summed E-state index contributed by atoms with van der Waals surface area (Å²) >= 11 is 0. The average molecular weight is 216 g/mol. The fourth-order valence-corrected chi connectivity index (χ4v) is 1.17. The molecule has 15 heavy (non-hydrogen) atoms. The van der Waals surface area contributed by atoms with Gasteiger partial charge in [0.15, 0.2) is 0 Å². The van der Waals surface area contributed by atoms with Crippen LogP contribution in [0.2, 0.25) is 0 Å². The number of ether oxygens (including phenoxy) is 1. The normalized spacial score (nSPS) is 14.9. The summed E-state index contributed by atoms with van der Waals surface area (Å²) in [6, 6.07) is 0. The lowest BCUT2D eigenvalue weighted by Crippen LogP contribution is -2.54. The first-order valence-electron chi connectivity index (χ1n) is 5.63. The van der Waals surface area contributed by atoms with E-state index in [1.165, 1.54) is 19.3 Å². The van der Waals surface area contributed by atoms with Crippen molar-refractivity contribution in [2.75, 3.05) is 20.3 Å². The number of likely N-dealkylation sites (N-methyl/N-ethyl adjacent to an activating group) is 1. The number of nitrogens with two attached hydrogens (primary N) is 1. The van der Waals surface area contributed by atoms with Gasteiger partial charge in [-0.1, -0.05) is 26.2 Å². The van der Waals surface area contributed by atoms with Crippen molar-refractivity contribution in [3.8, 4) is 0 Å². The highest BCUT2D eigenvalue weighted by molar-refractivity contribution is 5.84. The van der Waals surface area contributed by atoms with Gasteiger partial charge in [0.1, 0.15) is 5.54 Å². The summed E-state index contributed by atoms with van der Waals surface area (Å²) in [5, 5.41) is 2.88. The first kappa shape index (κ1) is 14.4. The molecule has 0 aliphatic carbocycles. The summed E-state index contributed by atoms with van der Waals surface area (Å²) in [6.07, 6.45) is 4.69. The molecule has 0 aromatic carbocycles. The molecule has 0 fully saturated rings. The van der Waals surface area contributed by atoms with E-state index >= 15 is 0 Å². The average Bonchev–Trinajstić information content (AvgIpc) is 2.22. The van der Waals surface area contributed by atoms with Crippen molar-refractivity contribution in [2.45, 2.75) is 45.1 Å². The molecule has 1 unspecified atom stereocenters. The second-order valence-corrected chi connectivity index (χ2v) is 4.06. The zero-order valence-electron chi connectivity index (χ0n) is 10.1. The van der Waals surface area contributed by atoms with E-state index < -0.39 is 5.54 Å². The SMILES string of the molecule is CCCCCCOCC(C)(NC)C(N)=O. The van der Waals surface area contributed by atoms with Gasteiger partial charge in [0.05, 0.1) is 6.61 Å². The van der Waals surface area contributed by atoms with E-state index in [0.29, 0.717) is 13.2 Å². The van der Waals surface area contributed by atoms with Crippen LogP contribution in [-0.4, -0.2) is 31.7 Å². The minimum absolute atomic E-state index is 0.338. The van der Waals surface area contributed by atoms with Crippen LogP contribution in [0.1, 0.15) is 39.5 Å². The molecule has 3 N–H and O–H groups in total. The van der Waals surface area contributed by atoms with Crippen LogP contribution in [0.15, 0.2) is 0 Å². The summed E-state index contributed by atoms with van der Waals surface area (Å²) in [5.74, 6) is -0.376. The summed E-state index contributed by atoms with van der Waals surface area (Å²) in [5.41, 5.74) is 4.52. The fourth-order valence-electron chi connectivity index (χ4n) is 1.17. The topological polar surface area (TPSA) is 64.3 Å². The van der Waals surface area contributed by atoms with Gasteiger partial charge in [-0.25, -0.2) is 0 Å². The van der Waals surface area contributed by atoms with Gasteiger partial charge in [-0.05, 0) is 20.4 Å². The number of unbranched alkanes of at least 4 members (excludes halogenated alkanes) is 3. The molecule has 0 rings (SSSR count). The molecule has 0 saturated carbocycles. The second kappa shape index (κ2) is 7.65. The molecular weight excluding hydrogens is 192 g/mol. The maximum atomic E-state index is 11.1. The van der Waals surface area contributed by atoms with Crippen molar-refractivity contribution in [1.29, 1.82) is 0 Å². The number of rotatable bonds is 9. The van der Waals surface area contributed by atoms with E-state index in [4.69, 9.17) is 10.5 Å². The third kappa shape index (κ3) is 5.74. The highest BCUT2D eigenvalue weighted by atomic mass is 16.5. The van der Waals surface area contributed by atoms with Gasteiger partial charge in [0.25, 0.3) is 0 Å². The molecule has 4 heteroatoms. The van der Waals surface area contributed by atoms with Gasteiger partial charge >= 0.3 is 0 Å². The van der Waals surface area contributed by atoms with Gasteiger partial charge in [-0.3, -0.25) is 4.79 Å². The van der Waals surface area contributed by atoms with E-state index in [0.717, 1.165) is 6.42 Å². The molecule has 0 aromatic rings. The predicted octanol–water partition coefficient (Wildman–Crippen LogP) is 1.05. The van der Waals surface area contributed by atoms with E-state index in [9.17, 15) is 4.79 Å². The Morgan fingerprint density at radius 1 is 1.40 bits per heavy atom. The van der Waals surface area contributed by atoms with Crippen molar-refractivity contribution >= 4 is 5.91 Å². The summed E-state index contributed by atoms with van der Waals surface area (Å²) in [4.78, 5) is 11.1. The van der Waals surface area contributed by atoms with E-state index in [1.54, 1.807) is 14.0 Å². The molecule has 90 valence electrons. The lowest BCUT2D eigenvalue weighted by Gasteiger charge is -2.24. The van der Waals surface area contributed by atoms with Crippen molar-refractivity contribution in [1.82, 2.24) is 5.32 Å². The van der Waals surface area contributed by atoms with Gasteiger partial charge in [-0.15, -0.1) is 0 Å². The van der Waals surface area contributed by atoms with E-state index in [1.807, 2.05) is 0 Å². The molecule has 0 spiro atoms. The number of hydrogen-bond acceptors (Lipinski definition) is 3. The Morgan fingerprint density at radius 2 is 2.07 bits per heavy atom. The zero-order valence-corrected chi connectivity index (χ0v) is 10.1. The zero-order chi connectivity index (χ0) is 11.7. The second-order valence-electron chi connectivity index (χ2n) is 4.06. The number of carbonyl (C=O) groups excluding carboxylic acids is 1. The summed E-state index contributed by atoms with van der Waals surface area (Å²) in [7, 11) is 1.71. The minimum Gasteiger partial charge on any atom is -0.379 e. The Bertz CT molecular complexity index is 185. The van der Waals surface area contributed by atoms with Crippen LogP contribution in [-0.2, 0) is 9.53 Å². The van der Waals surface area contributed by atoms with Crippen LogP contribution in [0.25, 0.3) is 0 Å². The lowest BCUT2D eigenvalue weighted by atomic mass is 10.0. The number of carbonyl (C=O) groups is 1. The van der Waals surface area contributed by atoms with E-state index in [2.05, 4.69) is 12.2 Å². The molecule has 0 bridgehead atoms. The molecular formula is C11H24N2O2. The van der Waals surface area contributed by atoms with Crippen LogP contribution in [0.3, 0.4) is 0 Å². The smallest absolute Gasteiger partial charge is 0.239 e. The van der Waals surface area contributed by atoms with Crippen LogP contribution in [0.5, 0.6) is 0 Å². The molecule has 4 nitrogen and oxygen atoms in total. The van der Waals surface area contributed by atoms with Crippen molar-refractivity contribution in [2.24, 2.45) is 5.73 Å². The molecule has 1 atom stereocenters. The molecule has 0 aliphatic rings. The standard InChI is InChI=1S/C11H24N2O2/c1-4-5-6-7-8-15-9-11(2,13-3)10(12)14/h13H,4-9H2,1-3H3,(H2,12,14). The maximum absolute atomic E-state index is 11.1. The molecule has 1 amide bonds. The summed E-state index contributed by atoms with van der Waals surface area (Å²) < 4.78 is 5.43. The van der Waals surface area contributed by atoms with Crippen molar-refractivity contribution in [3.05, 3.63) is 0 Å². The quantitative estimate of drug-likeness (QED) is 0.566. The van der Waals surface area contributed by atoms with Crippen LogP contribution in [0.4, 0.5) is 0 Å². The Hall–Kier alpha value is -0.610. The van der Waals surface area contributed by atoms with Gasteiger partial charge < -0.3 is 15.8 Å². The largest absolute Gasteiger partial charge is 0.379 e. The fraction of sp³-hybridized carbons (Fsp3) is 0.909. The summed E-state index contributed by atoms with van der Waals surface area (Å²) in [6.45, 7) is 4.96. The lowest BCUT2D eigenvalue weighted by molar-refractivity contribution is -0.126. The Balaban J connectivity index is 3.60. The number of nitrogens with one attached hydrogen (secondary N) is 1. The third-order valence-electron chi connectivity index (χ3n) is 2.63. The third-order valence-corrected chi connectivity index (χ3v) is 2.63. The Kier molecular flexibility index (Phi) is 7.34. The first-order valence-corrected chi connectivity index (χ1v) is 5.63. The molecule has 0 aromatic heterocycles.